The molecule has 3 amide bonds. The number of amides is 3. The molecule has 1 aromatic carbocycles. The van der Waals surface area contributed by atoms with E-state index in [2.05, 4.69) is 22.5 Å². The highest BCUT2D eigenvalue weighted by Gasteiger charge is 2.27. The van der Waals surface area contributed by atoms with Crippen LogP contribution in [0, 0.1) is 5.92 Å². The van der Waals surface area contributed by atoms with Crippen molar-refractivity contribution >= 4 is 23.5 Å². The third kappa shape index (κ3) is 6.80. The lowest BCUT2D eigenvalue weighted by molar-refractivity contribution is -0.133. The van der Waals surface area contributed by atoms with Gasteiger partial charge in [0.2, 0.25) is 11.8 Å². The number of hydrogen-bond donors (Lipinski definition) is 2. The minimum Gasteiger partial charge on any atom is -0.494 e. The molecule has 0 atom stereocenters. The molecule has 2 heterocycles. The van der Waals surface area contributed by atoms with Crippen LogP contribution in [-0.2, 0) is 9.59 Å². The second kappa shape index (κ2) is 11.8. The van der Waals surface area contributed by atoms with E-state index >= 15 is 0 Å². The molecule has 0 aliphatic carbocycles. The van der Waals surface area contributed by atoms with Crippen LogP contribution in [0.5, 0.6) is 5.75 Å². The van der Waals surface area contributed by atoms with Crippen LogP contribution >= 0.6 is 0 Å². The quantitative estimate of drug-likeness (QED) is 0.587. The number of unbranched alkanes of at least 4 members (excludes halogenated alkanes) is 1. The van der Waals surface area contributed by atoms with Crippen molar-refractivity contribution in [3.8, 4) is 5.75 Å². The maximum absolute atomic E-state index is 12.5. The first-order valence-corrected chi connectivity index (χ1v) is 11.1. The number of hydrogen-bond acceptors (Lipinski definition) is 5. The highest BCUT2D eigenvalue weighted by Crippen LogP contribution is 2.19. The summed E-state index contributed by atoms with van der Waals surface area (Å²) in [6.07, 6.45) is 4.83. The van der Waals surface area contributed by atoms with Gasteiger partial charge in [-0.3, -0.25) is 14.4 Å². The predicted octanol–water partition coefficient (Wildman–Crippen LogP) is 2.87. The molecule has 8 nitrogen and oxygen atoms in total. The van der Waals surface area contributed by atoms with E-state index in [1.54, 1.807) is 47.5 Å². The van der Waals surface area contributed by atoms with Crippen LogP contribution in [0.25, 0.3) is 0 Å². The van der Waals surface area contributed by atoms with Gasteiger partial charge in [0.25, 0.3) is 5.91 Å². The van der Waals surface area contributed by atoms with Crippen LogP contribution in [0.3, 0.4) is 0 Å². The molecule has 32 heavy (non-hydrogen) atoms. The fraction of sp³-hybridized carbons (Fsp3) is 0.417. The minimum atomic E-state index is -0.303. The first-order valence-electron chi connectivity index (χ1n) is 11.1. The molecular weight excluding hydrogens is 408 g/mol. The second-order valence-corrected chi connectivity index (χ2v) is 7.77. The lowest BCUT2D eigenvalue weighted by atomic mass is 9.96. The van der Waals surface area contributed by atoms with Crippen LogP contribution in [0.1, 0.15) is 43.0 Å². The first-order chi connectivity index (χ1) is 15.6. The monoisotopic (exact) mass is 438 g/mol. The van der Waals surface area contributed by atoms with Crippen LogP contribution in [0.2, 0.25) is 0 Å². The number of pyridine rings is 1. The van der Waals surface area contributed by atoms with E-state index < -0.39 is 0 Å². The number of anilines is 1. The number of benzene rings is 1. The smallest absolute Gasteiger partial charge is 0.251 e. The van der Waals surface area contributed by atoms with E-state index in [1.165, 1.54) is 0 Å². The fourth-order valence-electron chi connectivity index (χ4n) is 3.46. The molecule has 0 saturated carbocycles. The maximum atomic E-state index is 12.5. The summed E-state index contributed by atoms with van der Waals surface area (Å²) < 4.78 is 5.59. The number of aromatic nitrogens is 1. The number of ether oxygens (including phenoxy) is 1. The van der Waals surface area contributed by atoms with Crippen molar-refractivity contribution in [3.63, 3.8) is 0 Å². The van der Waals surface area contributed by atoms with Gasteiger partial charge in [0.1, 0.15) is 11.6 Å². The van der Waals surface area contributed by atoms with Crippen molar-refractivity contribution in [3.05, 3.63) is 54.2 Å². The molecule has 2 N–H and O–H groups in total. The van der Waals surface area contributed by atoms with Gasteiger partial charge in [-0.05, 0) is 55.7 Å². The number of rotatable bonds is 9. The lowest BCUT2D eigenvalue weighted by Crippen LogP contribution is -2.45. The van der Waals surface area contributed by atoms with E-state index in [0.29, 0.717) is 43.9 Å². The highest BCUT2D eigenvalue weighted by atomic mass is 16.5. The molecule has 0 radical (unpaired) electrons. The highest BCUT2D eigenvalue weighted by molar-refractivity contribution is 5.96. The zero-order valence-electron chi connectivity index (χ0n) is 18.4. The van der Waals surface area contributed by atoms with Gasteiger partial charge in [0.15, 0.2) is 0 Å². The van der Waals surface area contributed by atoms with Crippen molar-refractivity contribution in [2.45, 2.75) is 32.6 Å². The van der Waals surface area contributed by atoms with E-state index in [-0.39, 0.29) is 30.2 Å². The largest absolute Gasteiger partial charge is 0.494 e. The molecule has 8 heteroatoms. The Bertz CT molecular complexity index is 894. The normalized spacial score (nSPS) is 14.0. The number of piperidine rings is 1. The van der Waals surface area contributed by atoms with Crippen molar-refractivity contribution in [2.75, 3.05) is 31.6 Å². The molecule has 0 bridgehead atoms. The third-order valence-electron chi connectivity index (χ3n) is 5.42. The molecule has 1 aromatic heterocycles. The van der Waals surface area contributed by atoms with Gasteiger partial charge in [-0.15, -0.1) is 0 Å². The summed E-state index contributed by atoms with van der Waals surface area (Å²) in [5, 5.41) is 5.49. The van der Waals surface area contributed by atoms with Gasteiger partial charge < -0.3 is 20.3 Å². The van der Waals surface area contributed by atoms with Crippen LogP contribution in [0.4, 0.5) is 5.82 Å². The van der Waals surface area contributed by atoms with Gasteiger partial charge in [-0.2, -0.15) is 0 Å². The SMILES string of the molecule is CCCCOc1ccc(C(=O)NCC(=O)N2CCC(C(=O)Nc3ccccn3)CC2)cc1. The van der Waals surface area contributed by atoms with E-state index in [0.717, 1.165) is 18.6 Å². The topological polar surface area (TPSA) is 101 Å². The summed E-state index contributed by atoms with van der Waals surface area (Å²) in [6, 6.07) is 12.2. The first kappa shape index (κ1) is 23.2. The van der Waals surface area contributed by atoms with Crippen LogP contribution in [0.15, 0.2) is 48.7 Å². The Labute approximate surface area is 188 Å². The Morgan fingerprint density at radius 2 is 1.84 bits per heavy atom. The summed E-state index contributed by atoms with van der Waals surface area (Å²) in [6.45, 7) is 3.65. The Hall–Kier alpha value is -3.42. The van der Waals surface area contributed by atoms with E-state index in [9.17, 15) is 14.4 Å². The summed E-state index contributed by atoms with van der Waals surface area (Å²) in [7, 11) is 0. The Morgan fingerprint density at radius 1 is 1.09 bits per heavy atom. The van der Waals surface area contributed by atoms with Crippen LogP contribution < -0.4 is 15.4 Å². The second-order valence-electron chi connectivity index (χ2n) is 7.77. The summed E-state index contributed by atoms with van der Waals surface area (Å²) in [5.41, 5.74) is 0.477. The molecule has 1 aliphatic heterocycles. The average molecular weight is 439 g/mol. The summed E-state index contributed by atoms with van der Waals surface area (Å²) in [5.74, 6) is 0.560. The molecule has 0 spiro atoms. The molecule has 170 valence electrons. The van der Waals surface area contributed by atoms with Crippen molar-refractivity contribution in [2.24, 2.45) is 5.92 Å². The molecule has 2 aromatic rings. The minimum absolute atomic E-state index is 0.0710. The molecule has 3 rings (SSSR count). The van der Waals surface area contributed by atoms with E-state index in [4.69, 9.17) is 4.74 Å². The van der Waals surface area contributed by atoms with Crippen molar-refractivity contribution in [1.82, 2.24) is 15.2 Å². The molecule has 1 aliphatic rings. The maximum Gasteiger partial charge on any atom is 0.251 e. The van der Waals surface area contributed by atoms with Crippen molar-refractivity contribution < 1.29 is 19.1 Å². The number of carbonyl (C=O) groups is 3. The number of nitrogens with one attached hydrogen (secondary N) is 2. The van der Waals surface area contributed by atoms with Gasteiger partial charge in [0, 0.05) is 30.8 Å². The lowest BCUT2D eigenvalue weighted by Gasteiger charge is -2.31. The Morgan fingerprint density at radius 3 is 2.50 bits per heavy atom. The van der Waals surface area contributed by atoms with Crippen molar-refractivity contribution in [1.29, 1.82) is 0 Å². The Balaban J connectivity index is 1.39. The molecule has 1 saturated heterocycles. The van der Waals surface area contributed by atoms with Gasteiger partial charge in [-0.1, -0.05) is 19.4 Å². The van der Waals surface area contributed by atoms with Crippen LogP contribution in [-0.4, -0.2) is 53.8 Å². The number of likely N-dealkylation sites (tertiary alicyclic amines) is 1. The standard InChI is InChI=1S/C24H30N4O4/c1-2-3-16-32-20-9-7-18(8-10-20)23(30)26-17-22(29)28-14-11-19(12-15-28)24(31)27-21-6-4-5-13-25-21/h4-10,13,19H,2-3,11-12,14-17H2,1H3,(H,26,30)(H,25,27,31). The average Bonchev–Trinajstić information content (AvgIpc) is 2.83. The summed E-state index contributed by atoms with van der Waals surface area (Å²) in [4.78, 5) is 43.0. The predicted molar refractivity (Wildman–Crippen MR) is 121 cm³/mol. The molecule has 0 unspecified atom stereocenters. The van der Waals surface area contributed by atoms with Gasteiger partial charge in [0.05, 0.1) is 13.2 Å². The molecular formula is C24H30N4O4. The fourth-order valence-corrected chi connectivity index (χ4v) is 3.46. The number of carbonyl (C=O) groups excluding carboxylic acids is 3. The number of nitrogens with zero attached hydrogens (tertiary/aromatic N) is 2. The third-order valence-corrected chi connectivity index (χ3v) is 5.42. The molecule has 1 fully saturated rings. The van der Waals surface area contributed by atoms with Gasteiger partial charge >= 0.3 is 0 Å². The Kier molecular flexibility index (Phi) is 8.60. The van der Waals surface area contributed by atoms with E-state index in [1.807, 2.05) is 6.07 Å². The van der Waals surface area contributed by atoms with Gasteiger partial charge in [-0.25, -0.2) is 4.98 Å². The zero-order valence-corrected chi connectivity index (χ0v) is 18.4. The zero-order chi connectivity index (χ0) is 22.8. The summed E-state index contributed by atoms with van der Waals surface area (Å²) >= 11 is 0.